The first-order valence-corrected chi connectivity index (χ1v) is 9.77. The van der Waals surface area contributed by atoms with Crippen LogP contribution in [0.1, 0.15) is 10.4 Å². The van der Waals surface area contributed by atoms with Crippen molar-refractivity contribution in [3.05, 3.63) is 80.7 Å². The van der Waals surface area contributed by atoms with E-state index in [1.165, 1.54) is 0 Å². The Hall–Kier alpha value is -1.46. The summed E-state index contributed by atoms with van der Waals surface area (Å²) in [6.07, 6.45) is 0. The number of hydrogen-bond acceptors (Lipinski definition) is 2. The molecule has 0 unspecified atom stereocenters. The Kier molecular flexibility index (Phi) is 4.54. The first kappa shape index (κ1) is 17.0. The molecule has 0 bridgehead atoms. The fourth-order valence-corrected chi connectivity index (χ4v) is 4.49. The molecule has 0 saturated carbocycles. The van der Waals surface area contributed by atoms with Crippen molar-refractivity contribution in [2.24, 2.45) is 0 Å². The lowest BCUT2D eigenvalue weighted by Gasteiger charge is -2.31. The molecule has 0 aliphatic carbocycles. The zero-order valence-electron chi connectivity index (χ0n) is 12.7. The number of carbonyl (C=O) groups is 1. The molecule has 0 spiro atoms. The standard InChI is InChI=1S/C19H10BrCl2NOS/c20-11-5-7-14(22)13(9-11)19(24)23-15-3-1-2-4-17(15)25-18-8-6-12(21)10-16(18)23/h1-10H. The van der Waals surface area contributed by atoms with Crippen molar-refractivity contribution in [1.29, 1.82) is 0 Å². The van der Waals surface area contributed by atoms with Crippen LogP contribution in [0, 0.1) is 0 Å². The fraction of sp³-hybridized carbons (Fsp3) is 0. The van der Waals surface area contributed by atoms with E-state index in [0.29, 0.717) is 15.6 Å². The molecule has 0 radical (unpaired) electrons. The third-order valence-electron chi connectivity index (χ3n) is 3.85. The molecule has 0 aromatic heterocycles. The average Bonchev–Trinajstić information content (AvgIpc) is 2.61. The van der Waals surface area contributed by atoms with E-state index >= 15 is 0 Å². The van der Waals surface area contributed by atoms with Gasteiger partial charge in [0.15, 0.2) is 0 Å². The highest BCUT2D eigenvalue weighted by Gasteiger charge is 2.30. The number of fused-ring (bicyclic) bond motifs is 2. The van der Waals surface area contributed by atoms with E-state index in [1.54, 1.807) is 28.8 Å². The molecule has 0 saturated heterocycles. The van der Waals surface area contributed by atoms with Crippen LogP contribution < -0.4 is 4.90 Å². The molecule has 0 fully saturated rings. The Bertz CT molecular complexity index is 1010. The Labute approximate surface area is 167 Å². The number of para-hydroxylation sites is 1. The summed E-state index contributed by atoms with van der Waals surface area (Å²) in [4.78, 5) is 17.0. The first-order chi connectivity index (χ1) is 12.0. The normalized spacial score (nSPS) is 12.5. The van der Waals surface area contributed by atoms with Gasteiger partial charge in [-0.15, -0.1) is 0 Å². The zero-order chi connectivity index (χ0) is 17.6. The van der Waals surface area contributed by atoms with Crippen molar-refractivity contribution >= 4 is 68.2 Å². The Morgan fingerprint density at radius 2 is 1.68 bits per heavy atom. The highest BCUT2D eigenvalue weighted by atomic mass is 79.9. The second kappa shape index (κ2) is 6.69. The molecular weight excluding hydrogens is 441 g/mol. The quantitative estimate of drug-likeness (QED) is 0.390. The average molecular weight is 451 g/mol. The summed E-state index contributed by atoms with van der Waals surface area (Å²) >= 11 is 17.5. The topological polar surface area (TPSA) is 20.3 Å². The van der Waals surface area contributed by atoms with Crippen molar-refractivity contribution in [3.8, 4) is 0 Å². The Morgan fingerprint density at radius 3 is 2.52 bits per heavy atom. The van der Waals surface area contributed by atoms with E-state index in [1.807, 2.05) is 48.5 Å². The Morgan fingerprint density at radius 1 is 0.920 bits per heavy atom. The molecule has 25 heavy (non-hydrogen) atoms. The number of benzene rings is 3. The second-order valence-corrected chi connectivity index (χ2v) is 8.29. The maximum absolute atomic E-state index is 13.4. The molecule has 4 rings (SSSR count). The third kappa shape index (κ3) is 3.08. The van der Waals surface area contributed by atoms with E-state index < -0.39 is 0 Å². The molecule has 124 valence electrons. The molecule has 1 amide bonds. The molecule has 6 heteroatoms. The number of amides is 1. The molecule has 3 aromatic carbocycles. The highest BCUT2D eigenvalue weighted by Crippen LogP contribution is 2.49. The van der Waals surface area contributed by atoms with Gasteiger partial charge >= 0.3 is 0 Å². The van der Waals surface area contributed by atoms with Gasteiger partial charge in [-0.05, 0) is 48.5 Å². The molecular formula is C19H10BrCl2NOS. The van der Waals surface area contributed by atoms with E-state index in [-0.39, 0.29) is 5.91 Å². The predicted molar refractivity (Wildman–Crippen MR) is 108 cm³/mol. The van der Waals surface area contributed by atoms with Crippen LogP contribution in [0.25, 0.3) is 0 Å². The van der Waals surface area contributed by atoms with Gasteiger partial charge in [0.1, 0.15) is 0 Å². The van der Waals surface area contributed by atoms with Crippen LogP contribution in [0.3, 0.4) is 0 Å². The molecule has 3 aromatic rings. The van der Waals surface area contributed by atoms with Gasteiger partial charge in [0.25, 0.3) is 5.91 Å². The summed E-state index contributed by atoms with van der Waals surface area (Å²) in [7, 11) is 0. The number of nitrogens with zero attached hydrogens (tertiary/aromatic N) is 1. The lowest BCUT2D eigenvalue weighted by atomic mass is 10.1. The van der Waals surface area contributed by atoms with Crippen molar-refractivity contribution in [3.63, 3.8) is 0 Å². The van der Waals surface area contributed by atoms with Crippen molar-refractivity contribution in [1.82, 2.24) is 0 Å². The van der Waals surface area contributed by atoms with Gasteiger partial charge in [-0.25, -0.2) is 0 Å². The SMILES string of the molecule is O=C(c1cc(Br)ccc1Cl)N1c2ccccc2Sc2ccc(Cl)cc21. The van der Waals surface area contributed by atoms with Gasteiger partial charge in [-0.2, -0.15) is 0 Å². The lowest BCUT2D eigenvalue weighted by Crippen LogP contribution is -2.28. The number of rotatable bonds is 1. The number of halogens is 3. The predicted octanol–water partition coefficient (Wildman–Crippen LogP) is 7.20. The zero-order valence-corrected chi connectivity index (χ0v) is 16.6. The van der Waals surface area contributed by atoms with Crippen LogP contribution >= 0.6 is 50.9 Å². The Balaban J connectivity index is 1.93. The van der Waals surface area contributed by atoms with Gasteiger partial charge in [0, 0.05) is 19.3 Å². The number of hydrogen-bond donors (Lipinski definition) is 0. The van der Waals surface area contributed by atoms with Crippen LogP contribution in [-0.4, -0.2) is 5.91 Å². The van der Waals surface area contributed by atoms with Crippen molar-refractivity contribution < 1.29 is 4.79 Å². The highest BCUT2D eigenvalue weighted by molar-refractivity contribution is 9.10. The summed E-state index contributed by atoms with van der Waals surface area (Å²) in [6.45, 7) is 0. The molecule has 1 heterocycles. The van der Waals surface area contributed by atoms with Crippen molar-refractivity contribution in [2.75, 3.05) is 4.90 Å². The van der Waals surface area contributed by atoms with Crippen LogP contribution in [0.4, 0.5) is 11.4 Å². The summed E-state index contributed by atoms with van der Waals surface area (Å²) in [5, 5.41) is 0.990. The molecule has 1 aliphatic heterocycles. The van der Waals surface area contributed by atoms with Crippen LogP contribution in [0.5, 0.6) is 0 Å². The van der Waals surface area contributed by atoms with Gasteiger partial charge in [0.05, 0.1) is 22.0 Å². The summed E-state index contributed by atoms with van der Waals surface area (Å²) in [5.74, 6) is -0.192. The smallest absolute Gasteiger partial charge is 0.264 e. The van der Waals surface area contributed by atoms with Crippen LogP contribution in [-0.2, 0) is 0 Å². The van der Waals surface area contributed by atoms with Crippen LogP contribution in [0.15, 0.2) is 74.9 Å². The third-order valence-corrected chi connectivity index (χ3v) is 6.04. The lowest BCUT2D eigenvalue weighted by molar-refractivity contribution is 0.0998. The van der Waals surface area contributed by atoms with Gasteiger partial charge < -0.3 is 0 Å². The van der Waals surface area contributed by atoms with Gasteiger partial charge in [-0.1, -0.05) is 63.0 Å². The van der Waals surface area contributed by atoms with Crippen LogP contribution in [0.2, 0.25) is 10.0 Å². The van der Waals surface area contributed by atoms with E-state index in [4.69, 9.17) is 23.2 Å². The molecule has 0 atom stereocenters. The van der Waals surface area contributed by atoms with E-state index in [0.717, 1.165) is 25.6 Å². The summed E-state index contributed by atoms with van der Waals surface area (Å²) in [5.41, 5.74) is 2.02. The largest absolute Gasteiger partial charge is 0.275 e. The van der Waals surface area contributed by atoms with E-state index in [2.05, 4.69) is 15.9 Å². The minimum Gasteiger partial charge on any atom is -0.275 e. The summed E-state index contributed by atoms with van der Waals surface area (Å²) in [6, 6.07) is 18.6. The molecule has 1 aliphatic rings. The number of anilines is 2. The first-order valence-electron chi connectivity index (χ1n) is 7.40. The minimum absolute atomic E-state index is 0.192. The van der Waals surface area contributed by atoms with Crippen molar-refractivity contribution in [2.45, 2.75) is 9.79 Å². The monoisotopic (exact) mass is 449 g/mol. The second-order valence-electron chi connectivity index (χ2n) is 5.45. The maximum atomic E-state index is 13.4. The van der Waals surface area contributed by atoms with E-state index in [9.17, 15) is 4.79 Å². The fourth-order valence-electron chi connectivity index (χ4n) is 2.73. The minimum atomic E-state index is -0.192. The summed E-state index contributed by atoms with van der Waals surface area (Å²) < 4.78 is 0.797. The van der Waals surface area contributed by atoms with Gasteiger partial charge in [-0.3, -0.25) is 9.69 Å². The maximum Gasteiger partial charge on any atom is 0.264 e. The number of carbonyl (C=O) groups excluding carboxylic acids is 1. The van der Waals surface area contributed by atoms with Gasteiger partial charge in [0.2, 0.25) is 0 Å². The molecule has 0 N–H and O–H groups in total. The molecule has 2 nitrogen and oxygen atoms in total.